The van der Waals surface area contributed by atoms with Gasteiger partial charge in [-0.25, -0.2) is 18.7 Å². The molecule has 26 heavy (non-hydrogen) atoms. The second-order valence-electron chi connectivity index (χ2n) is 5.04. The van der Waals surface area contributed by atoms with Crippen molar-refractivity contribution in [2.24, 2.45) is 0 Å². The number of hydrogen-bond acceptors (Lipinski definition) is 6. The topological polar surface area (TPSA) is 93.0 Å². The number of nitrogens with one attached hydrogen (secondary N) is 2. The molecule has 0 amide bonds. The first-order valence-corrected chi connectivity index (χ1v) is 7.56. The molecule has 10 heteroatoms. The molecule has 1 heterocycles. The number of para-hydroxylation sites is 1. The summed E-state index contributed by atoms with van der Waals surface area (Å²) in [6.45, 7) is 0. The summed E-state index contributed by atoms with van der Waals surface area (Å²) in [5.41, 5.74) is 0.0290. The zero-order valence-corrected chi connectivity index (χ0v) is 13.7. The van der Waals surface area contributed by atoms with Gasteiger partial charge in [-0.3, -0.25) is 10.1 Å². The van der Waals surface area contributed by atoms with E-state index in [1.54, 1.807) is 24.3 Å². The van der Waals surface area contributed by atoms with Crippen molar-refractivity contribution in [1.29, 1.82) is 0 Å². The molecule has 2 N–H and O–H groups in total. The third-order valence-electron chi connectivity index (χ3n) is 3.31. The van der Waals surface area contributed by atoms with Gasteiger partial charge in [-0.05, 0) is 24.3 Å². The second kappa shape index (κ2) is 7.28. The van der Waals surface area contributed by atoms with Crippen molar-refractivity contribution in [3.8, 4) is 0 Å². The third-order valence-corrected chi connectivity index (χ3v) is 3.64. The number of hydrogen-bond donors (Lipinski definition) is 2. The van der Waals surface area contributed by atoms with Gasteiger partial charge in [-0.2, -0.15) is 0 Å². The maximum absolute atomic E-state index is 13.3. The fraction of sp³-hybridized carbons (Fsp3) is 0. The first kappa shape index (κ1) is 17.5. The molecular formula is C16H10ClF2N5O2. The van der Waals surface area contributed by atoms with Gasteiger partial charge >= 0.3 is 5.69 Å². The van der Waals surface area contributed by atoms with E-state index in [0.717, 1.165) is 18.5 Å². The predicted molar refractivity (Wildman–Crippen MR) is 93.1 cm³/mol. The molecule has 132 valence electrons. The molecule has 3 aromatic rings. The molecule has 0 bridgehead atoms. The Morgan fingerprint density at radius 3 is 2.35 bits per heavy atom. The van der Waals surface area contributed by atoms with Crippen molar-refractivity contribution in [1.82, 2.24) is 9.97 Å². The minimum atomic E-state index is -1.10. The van der Waals surface area contributed by atoms with Gasteiger partial charge in [0.2, 0.25) is 11.6 Å². The lowest BCUT2D eigenvalue weighted by atomic mass is 10.3. The Kier molecular flexibility index (Phi) is 4.90. The van der Waals surface area contributed by atoms with E-state index in [9.17, 15) is 18.9 Å². The summed E-state index contributed by atoms with van der Waals surface area (Å²) < 4.78 is 26.4. The van der Waals surface area contributed by atoms with Crippen molar-refractivity contribution in [3.63, 3.8) is 0 Å². The lowest BCUT2D eigenvalue weighted by Gasteiger charge is -2.11. The Morgan fingerprint density at radius 1 is 1.00 bits per heavy atom. The molecule has 0 spiro atoms. The van der Waals surface area contributed by atoms with Gasteiger partial charge in [0, 0.05) is 11.8 Å². The van der Waals surface area contributed by atoms with Crippen LogP contribution in [0.25, 0.3) is 0 Å². The Balaban J connectivity index is 1.99. The van der Waals surface area contributed by atoms with Crippen LogP contribution in [0.5, 0.6) is 0 Å². The molecule has 0 radical (unpaired) electrons. The number of aromatic nitrogens is 2. The van der Waals surface area contributed by atoms with Gasteiger partial charge in [0.15, 0.2) is 11.6 Å². The van der Waals surface area contributed by atoms with E-state index >= 15 is 0 Å². The number of nitro groups is 1. The molecule has 0 fully saturated rings. The highest BCUT2D eigenvalue weighted by atomic mass is 35.5. The average molecular weight is 378 g/mol. The van der Waals surface area contributed by atoms with E-state index in [0.29, 0.717) is 10.7 Å². The quantitative estimate of drug-likeness (QED) is 0.490. The van der Waals surface area contributed by atoms with Crippen molar-refractivity contribution in [2.45, 2.75) is 0 Å². The maximum atomic E-state index is 13.3. The largest absolute Gasteiger partial charge is 0.353 e. The van der Waals surface area contributed by atoms with Crippen molar-refractivity contribution >= 4 is 40.3 Å². The fourth-order valence-electron chi connectivity index (χ4n) is 2.14. The molecular weight excluding hydrogens is 368 g/mol. The summed E-state index contributed by atoms with van der Waals surface area (Å²) in [7, 11) is 0. The SMILES string of the molecule is O=[N+]([O-])c1c(Nc2ccc(F)c(F)c2)ncnc1Nc1ccccc1Cl. The summed E-state index contributed by atoms with van der Waals surface area (Å²) in [5.74, 6) is -2.43. The van der Waals surface area contributed by atoms with Gasteiger partial charge in [0.25, 0.3) is 0 Å². The highest BCUT2D eigenvalue weighted by molar-refractivity contribution is 6.33. The second-order valence-corrected chi connectivity index (χ2v) is 5.44. The molecule has 0 saturated heterocycles. The van der Waals surface area contributed by atoms with E-state index in [1.807, 2.05) is 0 Å². The van der Waals surface area contributed by atoms with Gasteiger partial charge in [-0.1, -0.05) is 23.7 Å². The standard InChI is InChI=1S/C16H10ClF2N5O2/c17-10-3-1-2-4-13(10)23-16-14(24(25)26)15(20-8-21-16)22-9-5-6-11(18)12(19)7-9/h1-8H,(H2,20,21,22,23). The van der Waals surface area contributed by atoms with E-state index in [2.05, 4.69) is 20.6 Å². The summed E-state index contributed by atoms with van der Waals surface area (Å²) in [5, 5.41) is 17.2. The van der Waals surface area contributed by atoms with E-state index < -0.39 is 22.2 Å². The number of nitrogens with zero attached hydrogens (tertiary/aromatic N) is 3. The molecule has 0 aliphatic carbocycles. The van der Waals surface area contributed by atoms with Crippen LogP contribution in [0.3, 0.4) is 0 Å². The van der Waals surface area contributed by atoms with Gasteiger partial charge < -0.3 is 10.6 Å². The Hall–Kier alpha value is -3.33. The minimum Gasteiger partial charge on any atom is -0.334 e. The normalized spacial score (nSPS) is 10.4. The molecule has 0 unspecified atom stereocenters. The zero-order chi connectivity index (χ0) is 18.7. The Morgan fingerprint density at radius 2 is 1.69 bits per heavy atom. The van der Waals surface area contributed by atoms with Crippen LogP contribution >= 0.6 is 11.6 Å². The Bertz CT molecular complexity index is 987. The molecule has 0 aliphatic rings. The monoisotopic (exact) mass is 377 g/mol. The lowest BCUT2D eigenvalue weighted by Crippen LogP contribution is -2.06. The number of anilines is 4. The van der Waals surface area contributed by atoms with Crippen LogP contribution in [0.15, 0.2) is 48.8 Å². The van der Waals surface area contributed by atoms with Crippen LogP contribution in [0, 0.1) is 21.7 Å². The Labute approximate surface area is 150 Å². The molecule has 7 nitrogen and oxygen atoms in total. The number of halogens is 3. The highest BCUT2D eigenvalue weighted by Gasteiger charge is 2.24. The van der Waals surface area contributed by atoms with Gasteiger partial charge in [0.1, 0.15) is 6.33 Å². The summed E-state index contributed by atoms with van der Waals surface area (Å²) in [6, 6.07) is 9.62. The van der Waals surface area contributed by atoms with Gasteiger partial charge in [0.05, 0.1) is 15.6 Å². The highest BCUT2D eigenvalue weighted by Crippen LogP contribution is 2.34. The predicted octanol–water partition coefficient (Wildman–Crippen LogP) is 4.80. The first-order valence-electron chi connectivity index (χ1n) is 7.18. The van der Waals surface area contributed by atoms with Crippen LogP contribution in [0.2, 0.25) is 5.02 Å². The summed E-state index contributed by atoms with van der Waals surface area (Å²) in [4.78, 5) is 18.5. The molecule has 0 saturated carbocycles. The third kappa shape index (κ3) is 3.67. The van der Waals surface area contributed by atoms with Gasteiger partial charge in [-0.15, -0.1) is 0 Å². The molecule has 2 aromatic carbocycles. The van der Waals surface area contributed by atoms with Crippen LogP contribution in [0.1, 0.15) is 0 Å². The first-order chi connectivity index (χ1) is 12.5. The number of benzene rings is 2. The van der Waals surface area contributed by atoms with E-state index in [1.165, 1.54) is 6.07 Å². The smallest absolute Gasteiger partial charge is 0.334 e. The van der Waals surface area contributed by atoms with E-state index in [-0.39, 0.29) is 17.3 Å². The lowest BCUT2D eigenvalue weighted by molar-refractivity contribution is -0.383. The minimum absolute atomic E-state index is 0.0920. The fourth-order valence-corrected chi connectivity index (χ4v) is 2.32. The van der Waals surface area contributed by atoms with Crippen molar-refractivity contribution < 1.29 is 13.7 Å². The van der Waals surface area contributed by atoms with E-state index in [4.69, 9.17) is 11.6 Å². The van der Waals surface area contributed by atoms with Crippen LogP contribution in [-0.4, -0.2) is 14.9 Å². The molecule has 0 atom stereocenters. The summed E-state index contributed by atoms with van der Waals surface area (Å²) in [6.07, 6.45) is 1.09. The molecule has 1 aromatic heterocycles. The van der Waals surface area contributed by atoms with Crippen LogP contribution in [-0.2, 0) is 0 Å². The summed E-state index contributed by atoms with van der Waals surface area (Å²) >= 11 is 6.04. The van der Waals surface area contributed by atoms with Crippen molar-refractivity contribution in [2.75, 3.05) is 10.6 Å². The zero-order valence-electron chi connectivity index (χ0n) is 12.9. The van der Waals surface area contributed by atoms with Crippen molar-refractivity contribution in [3.05, 3.63) is 75.6 Å². The molecule has 0 aliphatic heterocycles. The maximum Gasteiger partial charge on any atom is 0.353 e. The number of rotatable bonds is 5. The average Bonchev–Trinajstić information content (AvgIpc) is 2.60. The van der Waals surface area contributed by atoms with Crippen LogP contribution in [0.4, 0.5) is 37.5 Å². The molecule has 3 rings (SSSR count). The van der Waals surface area contributed by atoms with Crippen LogP contribution < -0.4 is 10.6 Å².